The Morgan fingerprint density at radius 2 is 1.95 bits per heavy atom. The van der Waals surface area contributed by atoms with Crippen LogP contribution in [0.5, 0.6) is 0 Å². The molecule has 1 saturated heterocycles. The van der Waals surface area contributed by atoms with Crippen LogP contribution in [0.2, 0.25) is 0 Å². The number of amides is 1. The van der Waals surface area contributed by atoms with Gasteiger partial charge in [0.25, 0.3) is 5.91 Å². The second-order valence-corrected chi connectivity index (χ2v) is 4.66. The van der Waals surface area contributed by atoms with Gasteiger partial charge >= 0.3 is 5.97 Å². The molecular formula is C13H14ClF2NO3. The van der Waals surface area contributed by atoms with Crippen molar-refractivity contribution in [3.05, 3.63) is 34.9 Å². The van der Waals surface area contributed by atoms with Gasteiger partial charge in [0.05, 0.1) is 11.5 Å². The maximum atomic E-state index is 13.6. The molecule has 110 valence electrons. The number of rotatable bonds is 2. The zero-order valence-electron chi connectivity index (χ0n) is 10.7. The van der Waals surface area contributed by atoms with Crippen molar-refractivity contribution in [3.63, 3.8) is 0 Å². The minimum atomic E-state index is -0.967. The minimum Gasteiger partial charge on any atom is -0.481 e. The van der Waals surface area contributed by atoms with Crippen LogP contribution in [0, 0.1) is 24.5 Å². The molecule has 0 bridgehead atoms. The fraction of sp³-hybridized carbons (Fsp3) is 0.385. The lowest BCUT2D eigenvalue weighted by atomic mass is 10.1. The Kier molecular flexibility index (Phi) is 5.05. The van der Waals surface area contributed by atoms with E-state index in [1.807, 2.05) is 0 Å². The number of likely N-dealkylation sites (tertiary alicyclic amines) is 1. The van der Waals surface area contributed by atoms with E-state index in [2.05, 4.69) is 0 Å². The fourth-order valence-electron chi connectivity index (χ4n) is 2.14. The predicted molar refractivity (Wildman–Crippen MR) is 70.0 cm³/mol. The summed E-state index contributed by atoms with van der Waals surface area (Å²) in [5, 5.41) is 8.86. The lowest BCUT2D eigenvalue weighted by Gasteiger charge is -2.16. The smallest absolute Gasteiger partial charge is 0.308 e. The van der Waals surface area contributed by atoms with Gasteiger partial charge < -0.3 is 10.0 Å². The quantitative estimate of drug-likeness (QED) is 0.911. The van der Waals surface area contributed by atoms with Crippen molar-refractivity contribution < 1.29 is 23.5 Å². The molecule has 0 radical (unpaired) electrons. The van der Waals surface area contributed by atoms with Gasteiger partial charge in [-0.1, -0.05) is 0 Å². The zero-order valence-corrected chi connectivity index (χ0v) is 11.5. The number of carbonyl (C=O) groups is 2. The van der Waals surface area contributed by atoms with Crippen LogP contribution in [0.3, 0.4) is 0 Å². The summed E-state index contributed by atoms with van der Waals surface area (Å²) in [6.45, 7) is 1.77. The first-order valence-corrected chi connectivity index (χ1v) is 5.88. The highest BCUT2D eigenvalue weighted by atomic mass is 35.5. The number of hydrogen-bond acceptors (Lipinski definition) is 2. The molecule has 7 heteroatoms. The number of aryl methyl sites for hydroxylation is 1. The second kappa shape index (κ2) is 6.17. The average Bonchev–Trinajstić information content (AvgIpc) is 2.82. The lowest BCUT2D eigenvalue weighted by Crippen LogP contribution is -2.30. The Balaban J connectivity index is 0.00000200. The topological polar surface area (TPSA) is 57.6 Å². The molecule has 1 aliphatic heterocycles. The molecule has 1 unspecified atom stereocenters. The summed E-state index contributed by atoms with van der Waals surface area (Å²) in [7, 11) is 0. The third-order valence-electron chi connectivity index (χ3n) is 3.30. The average molecular weight is 306 g/mol. The summed E-state index contributed by atoms with van der Waals surface area (Å²) in [5.41, 5.74) is -0.0383. The Morgan fingerprint density at radius 3 is 2.50 bits per heavy atom. The van der Waals surface area contributed by atoms with Gasteiger partial charge in [-0.05, 0) is 25.0 Å². The Bertz CT molecular complexity index is 551. The fourth-order valence-corrected chi connectivity index (χ4v) is 2.14. The number of halogens is 3. The van der Waals surface area contributed by atoms with E-state index in [1.165, 1.54) is 11.8 Å². The van der Waals surface area contributed by atoms with Crippen molar-refractivity contribution in [2.75, 3.05) is 13.1 Å². The van der Waals surface area contributed by atoms with Crippen molar-refractivity contribution in [2.45, 2.75) is 13.3 Å². The van der Waals surface area contributed by atoms with Crippen LogP contribution < -0.4 is 0 Å². The SMILES string of the molecule is Cc1cc(C(=O)N2CCC(C(=O)O)C2)c(F)cc1F.Cl. The predicted octanol–water partition coefficient (Wildman–Crippen LogP) is 2.24. The molecular weight excluding hydrogens is 292 g/mol. The van der Waals surface area contributed by atoms with E-state index < -0.39 is 29.4 Å². The molecule has 1 aliphatic rings. The molecule has 20 heavy (non-hydrogen) atoms. The van der Waals surface area contributed by atoms with Gasteiger partial charge in [-0.25, -0.2) is 8.78 Å². The molecule has 1 fully saturated rings. The Hall–Kier alpha value is -1.69. The molecule has 1 atom stereocenters. The van der Waals surface area contributed by atoms with Crippen LogP contribution in [0.1, 0.15) is 22.3 Å². The van der Waals surface area contributed by atoms with Crippen LogP contribution in [0.15, 0.2) is 12.1 Å². The van der Waals surface area contributed by atoms with E-state index in [9.17, 15) is 18.4 Å². The summed E-state index contributed by atoms with van der Waals surface area (Å²) in [6.07, 6.45) is 0.350. The Morgan fingerprint density at radius 1 is 1.30 bits per heavy atom. The molecule has 1 heterocycles. The molecule has 0 aromatic heterocycles. The van der Waals surface area contributed by atoms with Crippen molar-refractivity contribution in [2.24, 2.45) is 5.92 Å². The maximum absolute atomic E-state index is 13.6. The highest BCUT2D eigenvalue weighted by molar-refractivity contribution is 5.95. The van der Waals surface area contributed by atoms with E-state index in [0.29, 0.717) is 12.5 Å². The number of carboxylic acid groups (broad SMARTS) is 1. The number of hydrogen-bond donors (Lipinski definition) is 1. The number of carbonyl (C=O) groups excluding carboxylic acids is 1. The van der Waals surface area contributed by atoms with Gasteiger partial charge in [0, 0.05) is 19.2 Å². The molecule has 0 saturated carbocycles. The molecule has 1 aromatic carbocycles. The summed E-state index contributed by atoms with van der Waals surface area (Å²) < 4.78 is 26.7. The normalized spacial score (nSPS) is 17.8. The van der Waals surface area contributed by atoms with Crippen LogP contribution >= 0.6 is 12.4 Å². The van der Waals surface area contributed by atoms with Gasteiger partial charge in [-0.15, -0.1) is 12.4 Å². The molecule has 1 amide bonds. The number of benzene rings is 1. The summed E-state index contributed by atoms with van der Waals surface area (Å²) in [6, 6.07) is 1.83. The van der Waals surface area contributed by atoms with Gasteiger partial charge in [0.15, 0.2) is 0 Å². The van der Waals surface area contributed by atoms with Crippen molar-refractivity contribution >= 4 is 24.3 Å². The number of nitrogens with zero attached hydrogens (tertiary/aromatic N) is 1. The van der Waals surface area contributed by atoms with Gasteiger partial charge in [0.2, 0.25) is 0 Å². The van der Waals surface area contributed by atoms with Crippen LogP contribution in [0.4, 0.5) is 8.78 Å². The Labute approximate surface area is 120 Å². The molecule has 2 rings (SSSR count). The summed E-state index contributed by atoms with van der Waals surface area (Å²) >= 11 is 0. The largest absolute Gasteiger partial charge is 0.481 e. The summed E-state index contributed by atoms with van der Waals surface area (Å²) in [5.74, 6) is -3.81. The number of aliphatic carboxylic acids is 1. The molecule has 1 aromatic rings. The highest BCUT2D eigenvalue weighted by Gasteiger charge is 2.32. The van der Waals surface area contributed by atoms with Crippen molar-refractivity contribution in [1.29, 1.82) is 0 Å². The second-order valence-electron chi connectivity index (χ2n) is 4.66. The first-order chi connectivity index (χ1) is 8.90. The molecule has 0 aliphatic carbocycles. The maximum Gasteiger partial charge on any atom is 0.308 e. The van der Waals surface area contributed by atoms with Gasteiger partial charge in [0.1, 0.15) is 11.6 Å². The summed E-state index contributed by atoms with van der Waals surface area (Å²) in [4.78, 5) is 24.2. The lowest BCUT2D eigenvalue weighted by molar-refractivity contribution is -0.141. The van der Waals surface area contributed by atoms with Crippen molar-refractivity contribution in [3.8, 4) is 0 Å². The van der Waals surface area contributed by atoms with Crippen LogP contribution in [0.25, 0.3) is 0 Å². The van der Waals surface area contributed by atoms with Crippen LogP contribution in [-0.4, -0.2) is 35.0 Å². The molecule has 0 spiro atoms. The van der Waals surface area contributed by atoms with Crippen molar-refractivity contribution in [1.82, 2.24) is 4.90 Å². The highest BCUT2D eigenvalue weighted by Crippen LogP contribution is 2.21. The van der Waals surface area contributed by atoms with Gasteiger partial charge in [-0.2, -0.15) is 0 Å². The van der Waals surface area contributed by atoms with Crippen LogP contribution in [-0.2, 0) is 4.79 Å². The standard InChI is InChI=1S/C13H13F2NO3.ClH/c1-7-4-9(11(15)5-10(7)14)12(17)16-3-2-8(6-16)13(18)19;/h4-5,8H,2-3,6H2,1H3,(H,18,19);1H. The third kappa shape index (κ3) is 3.07. The van der Waals surface area contributed by atoms with E-state index in [4.69, 9.17) is 5.11 Å². The van der Waals surface area contributed by atoms with E-state index >= 15 is 0 Å². The third-order valence-corrected chi connectivity index (χ3v) is 3.30. The van der Waals surface area contributed by atoms with E-state index in [-0.39, 0.29) is 36.6 Å². The first kappa shape index (κ1) is 16.4. The first-order valence-electron chi connectivity index (χ1n) is 5.88. The monoisotopic (exact) mass is 305 g/mol. The number of carboxylic acids is 1. The van der Waals surface area contributed by atoms with Gasteiger partial charge in [-0.3, -0.25) is 9.59 Å². The molecule has 4 nitrogen and oxygen atoms in total. The van der Waals surface area contributed by atoms with E-state index in [1.54, 1.807) is 0 Å². The van der Waals surface area contributed by atoms with E-state index in [0.717, 1.165) is 6.07 Å². The minimum absolute atomic E-state index is 0. The molecule has 1 N–H and O–H groups in total. The zero-order chi connectivity index (χ0) is 14.2.